The minimum atomic E-state index is -0.413. The summed E-state index contributed by atoms with van der Waals surface area (Å²) in [4.78, 5) is 32.7. The Morgan fingerprint density at radius 1 is 1.03 bits per heavy atom. The summed E-state index contributed by atoms with van der Waals surface area (Å²) in [6.07, 6.45) is 1.22. The molecule has 6 heteroatoms. The summed E-state index contributed by atoms with van der Waals surface area (Å²) >= 11 is 1.69. The number of aromatic nitrogens is 1. The summed E-state index contributed by atoms with van der Waals surface area (Å²) in [5.74, 6) is 0.109. The van der Waals surface area contributed by atoms with Gasteiger partial charge in [0.25, 0.3) is 5.91 Å². The van der Waals surface area contributed by atoms with Crippen molar-refractivity contribution in [3.63, 3.8) is 0 Å². The Bertz CT molecular complexity index is 1280. The number of nitrogens with one attached hydrogen (secondary N) is 2. The fourth-order valence-electron chi connectivity index (χ4n) is 4.84. The van der Waals surface area contributed by atoms with Crippen LogP contribution in [0.15, 0.2) is 88.6 Å². The zero-order valence-corrected chi connectivity index (χ0v) is 19.4. The molecule has 5 nitrogen and oxygen atoms in total. The lowest BCUT2D eigenvalue weighted by atomic mass is 9.72. The first kappa shape index (κ1) is 21.3. The molecule has 0 saturated carbocycles. The third-order valence-corrected chi connectivity index (χ3v) is 7.32. The molecule has 1 aliphatic heterocycles. The van der Waals surface area contributed by atoms with Crippen molar-refractivity contribution >= 4 is 28.8 Å². The fraction of sp³-hybridized carbons (Fsp3) is 0.222. The van der Waals surface area contributed by atoms with Gasteiger partial charge in [-0.1, -0.05) is 42.5 Å². The van der Waals surface area contributed by atoms with Gasteiger partial charge in [-0.15, -0.1) is 11.3 Å². The second-order valence-corrected chi connectivity index (χ2v) is 9.54. The first-order valence-corrected chi connectivity index (χ1v) is 12.0. The molecule has 0 fully saturated rings. The molecule has 3 aromatic rings. The van der Waals surface area contributed by atoms with Crippen LogP contribution in [0.3, 0.4) is 0 Å². The zero-order chi connectivity index (χ0) is 22.9. The first-order valence-electron chi connectivity index (χ1n) is 11.1. The normalized spacial score (nSPS) is 20.4. The lowest BCUT2D eigenvalue weighted by Crippen LogP contribution is -2.37. The van der Waals surface area contributed by atoms with Gasteiger partial charge in [0, 0.05) is 51.4 Å². The lowest BCUT2D eigenvalue weighted by molar-refractivity contribution is -0.116. The van der Waals surface area contributed by atoms with Gasteiger partial charge in [-0.25, -0.2) is 4.98 Å². The zero-order valence-electron chi connectivity index (χ0n) is 18.6. The van der Waals surface area contributed by atoms with Gasteiger partial charge < -0.3 is 10.6 Å². The van der Waals surface area contributed by atoms with Gasteiger partial charge in [0.05, 0.1) is 0 Å². The van der Waals surface area contributed by atoms with E-state index in [-0.39, 0.29) is 17.6 Å². The second-order valence-electron chi connectivity index (χ2n) is 8.56. The number of dihydropyridines is 1. The highest BCUT2D eigenvalue weighted by atomic mass is 32.1. The third-order valence-electron chi connectivity index (χ3n) is 6.28. The molecule has 5 rings (SSSR count). The third kappa shape index (κ3) is 4.14. The fourth-order valence-corrected chi connectivity index (χ4v) is 5.67. The highest BCUT2D eigenvalue weighted by Crippen LogP contribution is 2.46. The molecule has 1 amide bonds. The number of pyridine rings is 1. The Hall–Kier alpha value is -3.51. The van der Waals surface area contributed by atoms with E-state index in [0.717, 1.165) is 29.1 Å². The van der Waals surface area contributed by atoms with Crippen molar-refractivity contribution in [2.24, 2.45) is 0 Å². The molecule has 1 aromatic carbocycles. The predicted octanol–water partition coefficient (Wildman–Crippen LogP) is 5.45. The largest absolute Gasteiger partial charge is 0.362 e. The number of hydrogen-bond acceptors (Lipinski definition) is 5. The number of allylic oxidation sites excluding steroid dienone is 3. The Morgan fingerprint density at radius 2 is 1.85 bits per heavy atom. The molecule has 33 heavy (non-hydrogen) atoms. The molecule has 2 atom stereocenters. The van der Waals surface area contributed by atoms with E-state index >= 15 is 0 Å². The van der Waals surface area contributed by atoms with Crippen molar-refractivity contribution in [3.8, 4) is 0 Å². The Kier molecular flexibility index (Phi) is 5.68. The van der Waals surface area contributed by atoms with Crippen LogP contribution in [0.4, 0.5) is 5.82 Å². The molecule has 2 unspecified atom stereocenters. The maximum absolute atomic E-state index is 13.5. The summed E-state index contributed by atoms with van der Waals surface area (Å²) < 4.78 is 0. The molecule has 2 N–H and O–H groups in total. The number of rotatable bonds is 4. The summed E-state index contributed by atoms with van der Waals surface area (Å²) in [5, 5.41) is 8.43. The summed E-state index contributed by atoms with van der Waals surface area (Å²) in [6.45, 7) is 3.80. The quantitative estimate of drug-likeness (QED) is 0.549. The molecule has 166 valence electrons. The number of hydrogen-bond donors (Lipinski definition) is 2. The molecule has 2 aliphatic rings. The molecule has 0 bridgehead atoms. The van der Waals surface area contributed by atoms with Crippen LogP contribution in [-0.2, 0) is 9.59 Å². The molecule has 1 aliphatic carbocycles. The van der Waals surface area contributed by atoms with E-state index in [9.17, 15) is 9.59 Å². The van der Waals surface area contributed by atoms with Gasteiger partial charge in [0.2, 0.25) is 0 Å². The number of anilines is 1. The molecule has 0 saturated heterocycles. The van der Waals surface area contributed by atoms with E-state index in [2.05, 4.69) is 27.1 Å². The van der Waals surface area contributed by atoms with Crippen LogP contribution in [0.5, 0.6) is 0 Å². The Morgan fingerprint density at radius 3 is 2.58 bits per heavy atom. The van der Waals surface area contributed by atoms with E-state index in [1.54, 1.807) is 17.4 Å². The van der Waals surface area contributed by atoms with E-state index in [0.29, 0.717) is 23.4 Å². The van der Waals surface area contributed by atoms with Crippen molar-refractivity contribution < 1.29 is 9.59 Å². The Labute approximate surface area is 197 Å². The molecular weight excluding hydrogens is 430 g/mol. The van der Waals surface area contributed by atoms with E-state index < -0.39 is 5.92 Å². The number of aryl methyl sites for hydroxylation is 1. The number of carbonyl (C=O) groups is 2. The van der Waals surface area contributed by atoms with Crippen molar-refractivity contribution in [2.75, 3.05) is 5.32 Å². The molecule has 0 radical (unpaired) electrons. The number of thiophene rings is 1. The van der Waals surface area contributed by atoms with Crippen LogP contribution >= 0.6 is 11.3 Å². The van der Waals surface area contributed by atoms with Crippen molar-refractivity contribution in [3.05, 3.63) is 105 Å². The van der Waals surface area contributed by atoms with E-state index in [1.165, 1.54) is 4.88 Å². The average molecular weight is 456 g/mol. The average Bonchev–Trinajstić information content (AvgIpc) is 3.33. The topological polar surface area (TPSA) is 71.1 Å². The van der Waals surface area contributed by atoms with Crippen molar-refractivity contribution in [1.82, 2.24) is 10.3 Å². The number of nitrogens with zero attached hydrogens (tertiary/aromatic N) is 1. The molecule has 2 aromatic heterocycles. The smallest absolute Gasteiger partial charge is 0.255 e. The van der Waals surface area contributed by atoms with Crippen LogP contribution in [0.1, 0.15) is 47.7 Å². The maximum Gasteiger partial charge on any atom is 0.255 e. The molecule has 3 heterocycles. The number of ketones is 1. The standard InChI is InChI=1S/C27H25N3O2S/c1-16-8-6-12-23(28-16)30-27(32)24-17(2)29-20-14-19(22-11-7-13-33-22)15-21(31)26(20)25(24)18-9-4-3-5-10-18/h3-13,19,25,29H,14-15H2,1-2H3,(H,28,30,32). The molecule has 0 spiro atoms. The minimum Gasteiger partial charge on any atom is -0.362 e. The number of carbonyl (C=O) groups excluding carboxylic acids is 2. The summed E-state index contributed by atoms with van der Waals surface area (Å²) in [5.41, 5.74) is 4.74. The van der Waals surface area contributed by atoms with Gasteiger partial charge in [-0.3, -0.25) is 9.59 Å². The molecular formula is C27H25N3O2S. The first-order chi connectivity index (χ1) is 16.0. The Balaban J connectivity index is 1.55. The van der Waals surface area contributed by atoms with Gasteiger partial charge >= 0.3 is 0 Å². The van der Waals surface area contributed by atoms with Crippen LogP contribution in [0.2, 0.25) is 0 Å². The number of benzene rings is 1. The van der Waals surface area contributed by atoms with Crippen LogP contribution in [0.25, 0.3) is 0 Å². The number of amides is 1. The lowest BCUT2D eigenvalue weighted by Gasteiger charge is -2.36. The van der Waals surface area contributed by atoms with Gasteiger partial charge in [0.1, 0.15) is 5.82 Å². The summed E-state index contributed by atoms with van der Waals surface area (Å²) in [7, 11) is 0. The van der Waals surface area contributed by atoms with Gasteiger partial charge in [-0.2, -0.15) is 0 Å². The van der Waals surface area contributed by atoms with Crippen LogP contribution in [-0.4, -0.2) is 16.7 Å². The highest BCUT2D eigenvalue weighted by Gasteiger charge is 2.41. The highest BCUT2D eigenvalue weighted by molar-refractivity contribution is 7.10. The van der Waals surface area contributed by atoms with Crippen molar-refractivity contribution in [1.29, 1.82) is 0 Å². The maximum atomic E-state index is 13.5. The van der Waals surface area contributed by atoms with Crippen molar-refractivity contribution in [2.45, 2.75) is 38.5 Å². The second kappa shape index (κ2) is 8.79. The number of Topliss-reactive ketones (excluding diaryl/α,β-unsaturated/α-hetero) is 1. The van der Waals surface area contributed by atoms with E-state index in [1.807, 2.05) is 62.4 Å². The van der Waals surface area contributed by atoms with Gasteiger partial charge in [0.15, 0.2) is 5.78 Å². The monoisotopic (exact) mass is 455 g/mol. The van der Waals surface area contributed by atoms with Gasteiger partial charge in [-0.05, 0) is 49.4 Å². The van der Waals surface area contributed by atoms with E-state index in [4.69, 9.17) is 0 Å². The predicted molar refractivity (Wildman–Crippen MR) is 131 cm³/mol. The SMILES string of the molecule is CC1=C(C(=O)Nc2cccc(C)n2)C(c2ccccc2)C2=C(CC(c3cccs3)CC2=O)N1. The minimum absolute atomic E-state index is 0.0995. The van der Waals surface area contributed by atoms with Crippen LogP contribution in [0, 0.1) is 6.92 Å². The summed E-state index contributed by atoms with van der Waals surface area (Å²) in [6, 6.07) is 19.5. The van der Waals surface area contributed by atoms with Crippen LogP contribution < -0.4 is 10.6 Å².